The largest absolute Gasteiger partial charge is 0.496 e. The van der Waals surface area contributed by atoms with E-state index in [1.165, 1.54) is 0 Å². The minimum absolute atomic E-state index is 0.180. The maximum absolute atomic E-state index is 5.69. The Labute approximate surface area is 109 Å². The highest BCUT2D eigenvalue weighted by Crippen LogP contribution is 2.28. The number of aryl methyl sites for hydroxylation is 1. The van der Waals surface area contributed by atoms with Gasteiger partial charge in [0.1, 0.15) is 11.5 Å². The molecule has 18 heavy (non-hydrogen) atoms. The number of rotatable bonds is 7. The van der Waals surface area contributed by atoms with Crippen molar-refractivity contribution in [2.24, 2.45) is 5.73 Å². The number of nitrogens with two attached hydrogens (primary N) is 1. The minimum atomic E-state index is 0.180. The summed E-state index contributed by atoms with van der Waals surface area (Å²) in [6.07, 6.45) is 0.895. The summed E-state index contributed by atoms with van der Waals surface area (Å²) in [5.41, 5.74) is 7.92. The number of nitrogens with one attached hydrogen (secondary N) is 1. The van der Waals surface area contributed by atoms with Crippen LogP contribution in [-0.2, 0) is 6.42 Å². The summed E-state index contributed by atoms with van der Waals surface area (Å²) in [6.45, 7) is 5.71. The average molecular weight is 252 g/mol. The van der Waals surface area contributed by atoms with Gasteiger partial charge < -0.3 is 20.5 Å². The number of hydrogen-bond donors (Lipinski definition) is 2. The molecule has 0 fully saturated rings. The van der Waals surface area contributed by atoms with Gasteiger partial charge in [-0.2, -0.15) is 0 Å². The molecule has 0 aliphatic rings. The number of methoxy groups -OCH3 is 2. The predicted molar refractivity (Wildman–Crippen MR) is 74.5 cm³/mol. The first-order valence-electron chi connectivity index (χ1n) is 6.26. The first-order valence-corrected chi connectivity index (χ1v) is 6.26. The molecule has 0 bridgehead atoms. The van der Waals surface area contributed by atoms with Gasteiger partial charge in [-0.15, -0.1) is 0 Å². The fourth-order valence-corrected chi connectivity index (χ4v) is 1.86. The van der Waals surface area contributed by atoms with Gasteiger partial charge >= 0.3 is 0 Å². The Morgan fingerprint density at radius 2 is 1.89 bits per heavy atom. The summed E-state index contributed by atoms with van der Waals surface area (Å²) in [7, 11) is 3.38. The topological polar surface area (TPSA) is 56.5 Å². The first-order chi connectivity index (χ1) is 8.58. The maximum Gasteiger partial charge on any atom is 0.122 e. The second-order valence-electron chi connectivity index (χ2n) is 4.57. The van der Waals surface area contributed by atoms with Crippen molar-refractivity contribution in [2.45, 2.75) is 26.3 Å². The smallest absolute Gasteiger partial charge is 0.122 e. The average Bonchev–Trinajstić information content (AvgIpc) is 2.35. The molecule has 4 heteroatoms. The monoisotopic (exact) mass is 252 g/mol. The molecule has 4 nitrogen and oxygen atoms in total. The molecule has 0 spiro atoms. The highest BCUT2D eigenvalue weighted by molar-refractivity contribution is 5.46. The molecule has 0 saturated heterocycles. The predicted octanol–water partition coefficient (Wildman–Crippen LogP) is 1.49. The maximum atomic E-state index is 5.69. The van der Waals surface area contributed by atoms with Crippen LogP contribution in [0.15, 0.2) is 12.1 Å². The lowest BCUT2D eigenvalue weighted by Gasteiger charge is -2.13. The Kier molecular flexibility index (Phi) is 5.95. The van der Waals surface area contributed by atoms with E-state index in [2.05, 4.69) is 5.32 Å². The number of hydrogen-bond acceptors (Lipinski definition) is 4. The highest BCUT2D eigenvalue weighted by atomic mass is 16.5. The Balaban J connectivity index is 2.68. The Bertz CT molecular complexity index is 378. The van der Waals surface area contributed by atoms with Gasteiger partial charge in [0.05, 0.1) is 14.2 Å². The van der Waals surface area contributed by atoms with E-state index < -0.39 is 0 Å². The van der Waals surface area contributed by atoms with E-state index in [0.29, 0.717) is 0 Å². The van der Waals surface area contributed by atoms with Gasteiger partial charge in [0.2, 0.25) is 0 Å². The Hall–Kier alpha value is -1.26. The van der Waals surface area contributed by atoms with Gasteiger partial charge in [-0.25, -0.2) is 0 Å². The van der Waals surface area contributed by atoms with Crippen molar-refractivity contribution in [3.05, 3.63) is 23.3 Å². The SMILES string of the molecule is COc1cc(CCNCC(C)N)c(OC)cc1C. The quantitative estimate of drug-likeness (QED) is 0.722. The molecule has 1 aromatic carbocycles. The van der Waals surface area contributed by atoms with E-state index in [1.54, 1.807) is 14.2 Å². The molecule has 1 unspecified atom stereocenters. The van der Waals surface area contributed by atoms with Gasteiger partial charge in [-0.1, -0.05) is 0 Å². The molecule has 102 valence electrons. The van der Waals surface area contributed by atoms with Crippen molar-refractivity contribution in [1.29, 1.82) is 0 Å². The second-order valence-corrected chi connectivity index (χ2v) is 4.57. The number of benzene rings is 1. The third-order valence-electron chi connectivity index (χ3n) is 2.84. The van der Waals surface area contributed by atoms with Crippen LogP contribution in [0.5, 0.6) is 11.5 Å². The summed E-state index contributed by atoms with van der Waals surface area (Å²) < 4.78 is 10.7. The van der Waals surface area contributed by atoms with Crippen LogP contribution < -0.4 is 20.5 Å². The van der Waals surface area contributed by atoms with Gasteiger partial charge in [0.15, 0.2) is 0 Å². The molecule has 0 amide bonds. The molecule has 1 rings (SSSR count). The van der Waals surface area contributed by atoms with Crippen LogP contribution in [0.25, 0.3) is 0 Å². The van der Waals surface area contributed by atoms with E-state index in [1.807, 2.05) is 26.0 Å². The molecule has 3 N–H and O–H groups in total. The zero-order valence-corrected chi connectivity index (χ0v) is 11.7. The zero-order valence-electron chi connectivity index (χ0n) is 11.7. The van der Waals surface area contributed by atoms with Gasteiger partial charge in [0, 0.05) is 12.6 Å². The van der Waals surface area contributed by atoms with Crippen LogP contribution in [0, 0.1) is 6.92 Å². The lowest BCUT2D eigenvalue weighted by molar-refractivity contribution is 0.396. The van der Waals surface area contributed by atoms with Gasteiger partial charge in [-0.3, -0.25) is 0 Å². The van der Waals surface area contributed by atoms with Crippen molar-refractivity contribution in [3.63, 3.8) is 0 Å². The van der Waals surface area contributed by atoms with Crippen LogP contribution in [0.2, 0.25) is 0 Å². The molecular weight excluding hydrogens is 228 g/mol. The fraction of sp³-hybridized carbons (Fsp3) is 0.571. The molecule has 1 aromatic rings. The van der Waals surface area contributed by atoms with Crippen LogP contribution in [0.4, 0.5) is 0 Å². The zero-order chi connectivity index (χ0) is 13.5. The normalized spacial score (nSPS) is 12.3. The fourth-order valence-electron chi connectivity index (χ4n) is 1.86. The van der Waals surface area contributed by atoms with E-state index in [0.717, 1.165) is 42.1 Å². The Morgan fingerprint density at radius 3 is 2.44 bits per heavy atom. The summed E-state index contributed by atoms with van der Waals surface area (Å²) in [6, 6.07) is 4.24. The third kappa shape index (κ3) is 4.20. The molecule has 1 atom stereocenters. The molecule has 0 aliphatic carbocycles. The van der Waals surface area contributed by atoms with Crippen molar-refractivity contribution >= 4 is 0 Å². The van der Waals surface area contributed by atoms with Crippen LogP contribution in [0.1, 0.15) is 18.1 Å². The van der Waals surface area contributed by atoms with Crippen molar-refractivity contribution in [1.82, 2.24) is 5.32 Å². The van der Waals surface area contributed by atoms with Crippen molar-refractivity contribution < 1.29 is 9.47 Å². The lowest BCUT2D eigenvalue weighted by Crippen LogP contribution is -2.32. The minimum Gasteiger partial charge on any atom is -0.496 e. The molecule has 0 heterocycles. The van der Waals surface area contributed by atoms with Crippen LogP contribution >= 0.6 is 0 Å². The summed E-state index contributed by atoms with van der Waals surface area (Å²) in [5.74, 6) is 1.81. The van der Waals surface area contributed by atoms with Crippen molar-refractivity contribution in [3.8, 4) is 11.5 Å². The second kappa shape index (κ2) is 7.24. The molecule has 0 aliphatic heterocycles. The first kappa shape index (κ1) is 14.8. The van der Waals surface area contributed by atoms with E-state index in [9.17, 15) is 0 Å². The Morgan fingerprint density at radius 1 is 1.22 bits per heavy atom. The third-order valence-corrected chi connectivity index (χ3v) is 2.84. The number of ether oxygens (including phenoxy) is 2. The van der Waals surface area contributed by atoms with Crippen LogP contribution in [0.3, 0.4) is 0 Å². The highest BCUT2D eigenvalue weighted by Gasteiger charge is 2.08. The summed E-state index contributed by atoms with van der Waals surface area (Å²) in [4.78, 5) is 0. The lowest BCUT2D eigenvalue weighted by atomic mass is 10.1. The van der Waals surface area contributed by atoms with E-state index in [-0.39, 0.29) is 6.04 Å². The molecular formula is C14H24N2O2. The van der Waals surface area contributed by atoms with Crippen LogP contribution in [-0.4, -0.2) is 33.4 Å². The summed E-state index contributed by atoms with van der Waals surface area (Å²) >= 11 is 0. The van der Waals surface area contributed by atoms with Gasteiger partial charge in [0.25, 0.3) is 0 Å². The van der Waals surface area contributed by atoms with E-state index >= 15 is 0 Å². The van der Waals surface area contributed by atoms with Gasteiger partial charge in [-0.05, 0) is 50.1 Å². The summed E-state index contributed by atoms with van der Waals surface area (Å²) in [5, 5.41) is 3.32. The molecule has 0 radical (unpaired) electrons. The molecule has 0 saturated carbocycles. The molecule has 0 aromatic heterocycles. The van der Waals surface area contributed by atoms with E-state index in [4.69, 9.17) is 15.2 Å². The van der Waals surface area contributed by atoms with Crippen molar-refractivity contribution in [2.75, 3.05) is 27.3 Å². The standard InChI is InChI=1S/C14H24N2O2/c1-10-7-14(18-4)12(8-13(10)17-3)5-6-16-9-11(2)15/h7-8,11,16H,5-6,9,15H2,1-4H3.